The number of oxime groups is 1. The van der Waals surface area contributed by atoms with Gasteiger partial charge in [0, 0.05) is 32.8 Å². The van der Waals surface area contributed by atoms with Crippen LogP contribution < -0.4 is 5.73 Å². The molecular formula is C14H26N4O3. The molecule has 2 fully saturated rings. The lowest BCUT2D eigenvalue weighted by molar-refractivity contribution is -0.153. The summed E-state index contributed by atoms with van der Waals surface area (Å²) in [5.41, 5.74) is 4.59. The van der Waals surface area contributed by atoms with Crippen molar-refractivity contribution in [3.63, 3.8) is 0 Å². The van der Waals surface area contributed by atoms with Gasteiger partial charge in [0.05, 0.1) is 5.54 Å². The number of piperazine rings is 1. The highest BCUT2D eigenvalue weighted by molar-refractivity contribution is 5.89. The van der Waals surface area contributed by atoms with Gasteiger partial charge in [-0.05, 0) is 33.6 Å². The Bertz CT molecular complexity index is 422. The number of carbonyl (C=O) groups is 1. The zero-order valence-corrected chi connectivity index (χ0v) is 13.1. The third kappa shape index (κ3) is 2.98. The minimum Gasteiger partial charge on any atom is -0.409 e. The van der Waals surface area contributed by atoms with E-state index >= 15 is 0 Å². The SMILES string of the molecule is CC1(C(=O)N2CCN(C(C)(C)C(N)=NO)CC2)CCCO1. The molecule has 1 amide bonds. The fourth-order valence-electron chi connectivity index (χ4n) is 3.04. The first-order valence-electron chi connectivity index (χ1n) is 7.47. The van der Waals surface area contributed by atoms with Crippen molar-refractivity contribution in [3.05, 3.63) is 0 Å². The average Bonchev–Trinajstić information content (AvgIpc) is 2.93. The summed E-state index contributed by atoms with van der Waals surface area (Å²) in [4.78, 5) is 16.6. The molecule has 0 aromatic rings. The summed E-state index contributed by atoms with van der Waals surface area (Å²) in [6, 6.07) is 0. The van der Waals surface area contributed by atoms with Crippen LogP contribution in [0.5, 0.6) is 0 Å². The molecule has 2 aliphatic rings. The maximum absolute atomic E-state index is 12.6. The maximum Gasteiger partial charge on any atom is 0.254 e. The molecule has 0 aliphatic carbocycles. The number of hydrogen-bond acceptors (Lipinski definition) is 5. The van der Waals surface area contributed by atoms with E-state index in [-0.39, 0.29) is 11.7 Å². The quantitative estimate of drug-likeness (QED) is 0.337. The molecule has 120 valence electrons. The molecule has 0 bridgehead atoms. The molecule has 1 atom stereocenters. The van der Waals surface area contributed by atoms with Gasteiger partial charge in [-0.1, -0.05) is 5.16 Å². The first-order chi connectivity index (χ1) is 9.81. The van der Waals surface area contributed by atoms with Gasteiger partial charge >= 0.3 is 0 Å². The standard InChI is InChI=1S/C14H26N4O3/c1-13(2,11(15)16-20)18-8-6-17(7-9-18)12(19)14(3)5-4-10-21-14/h20H,4-10H2,1-3H3,(H2,15,16). The lowest BCUT2D eigenvalue weighted by Gasteiger charge is -2.44. The first-order valence-corrected chi connectivity index (χ1v) is 7.47. The van der Waals surface area contributed by atoms with Crippen LogP contribution in [0.2, 0.25) is 0 Å². The van der Waals surface area contributed by atoms with Crippen LogP contribution in [0.15, 0.2) is 5.16 Å². The van der Waals surface area contributed by atoms with Crippen molar-refractivity contribution in [2.24, 2.45) is 10.9 Å². The van der Waals surface area contributed by atoms with E-state index < -0.39 is 11.1 Å². The second-order valence-corrected chi connectivity index (χ2v) is 6.51. The van der Waals surface area contributed by atoms with Gasteiger partial charge in [-0.3, -0.25) is 9.69 Å². The summed E-state index contributed by atoms with van der Waals surface area (Å²) in [5.74, 6) is 0.273. The van der Waals surface area contributed by atoms with E-state index in [2.05, 4.69) is 10.1 Å². The van der Waals surface area contributed by atoms with Gasteiger partial charge in [0.15, 0.2) is 5.84 Å². The van der Waals surface area contributed by atoms with Gasteiger partial charge in [-0.2, -0.15) is 0 Å². The van der Waals surface area contributed by atoms with Crippen molar-refractivity contribution in [2.45, 2.75) is 44.8 Å². The summed E-state index contributed by atoms with van der Waals surface area (Å²) in [6.45, 7) is 9.06. The summed E-state index contributed by atoms with van der Waals surface area (Å²) in [6.07, 6.45) is 1.74. The average molecular weight is 298 g/mol. The van der Waals surface area contributed by atoms with E-state index in [1.54, 1.807) is 0 Å². The summed E-state index contributed by atoms with van der Waals surface area (Å²) in [7, 11) is 0. The summed E-state index contributed by atoms with van der Waals surface area (Å²) in [5, 5.41) is 12.0. The Balaban J connectivity index is 1.96. The van der Waals surface area contributed by atoms with Gasteiger partial charge in [-0.25, -0.2) is 0 Å². The fraction of sp³-hybridized carbons (Fsp3) is 0.857. The van der Waals surface area contributed by atoms with Crippen molar-refractivity contribution < 1.29 is 14.7 Å². The molecule has 7 heteroatoms. The second-order valence-electron chi connectivity index (χ2n) is 6.51. The second kappa shape index (κ2) is 5.81. The van der Waals surface area contributed by atoms with Crippen molar-refractivity contribution in [1.82, 2.24) is 9.80 Å². The third-order valence-electron chi connectivity index (χ3n) is 4.76. The van der Waals surface area contributed by atoms with Gasteiger partial charge in [0.2, 0.25) is 0 Å². The Labute approximate surface area is 125 Å². The lowest BCUT2D eigenvalue weighted by atomic mass is 9.98. The Morgan fingerprint density at radius 3 is 2.43 bits per heavy atom. The number of rotatable bonds is 3. The summed E-state index contributed by atoms with van der Waals surface area (Å²) < 4.78 is 5.63. The largest absolute Gasteiger partial charge is 0.409 e. The van der Waals surface area contributed by atoms with Gasteiger partial charge in [-0.15, -0.1) is 0 Å². The van der Waals surface area contributed by atoms with Crippen molar-refractivity contribution >= 4 is 11.7 Å². The number of hydrogen-bond donors (Lipinski definition) is 2. The Morgan fingerprint density at radius 1 is 1.33 bits per heavy atom. The number of nitrogens with two attached hydrogens (primary N) is 1. The lowest BCUT2D eigenvalue weighted by Crippen LogP contribution is -2.62. The zero-order valence-electron chi connectivity index (χ0n) is 13.1. The highest BCUT2D eigenvalue weighted by Gasteiger charge is 2.42. The predicted octanol–water partition coefficient (Wildman–Crippen LogP) is 0.225. The number of amides is 1. The van der Waals surface area contributed by atoms with Crippen LogP contribution in [0.1, 0.15) is 33.6 Å². The van der Waals surface area contributed by atoms with Crippen LogP contribution in [0.4, 0.5) is 0 Å². The van der Waals surface area contributed by atoms with Crippen LogP contribution in [-0.2, 0) is 9.53 Å². The van der Waals surface area contributed by atoms with Gasteiger partial charge in [0.1, 0.15) is 5.60 Å². The van der Waals surface area contributed by atoms with E-state index in [0.717, 1.165) is 12.8 Å². The molecule has 0 aromatic heterocycles. The topological polar surface area (TPSA) is 91.4 Å². The van der Waals surface area contributed by atoms with E-state index in [0.29, 0.717) is 32.8 Å². The van der Waals surface area contributed by atoms with Crippen LogP contribution in [0, 0.1) is 0 Å². The van der Waals surface area contributed by atoms with Gasteiger partial charge < -0.3 is 20.6 Å². The van der Waals surface area contributed by atoms with Crippen LogP contribution in [0.25, 0.3) is 0 Å². The minimum absolute atomic E-state index is 0.0845. The molecule has 21 heavy (non-hydrogen) atoms. The summed E-state index contributed by atoms with van der Waals surface area (Å²) >= 11 is 0. The van der Waals surface area contributed by atoms with Crippen molar-refractivity contribution in [2.75, 3.05) is 32.8 Å². The molecule has 0 saturated carbocycles. The molecule has 0 radical (unpaired) electrons. The number of amidine groups is 1. The first kappa shape index (κ1) is 16.0. The van der Waals surface area contributed by atoms with Crippen LogP contribution in [-0.4, -0.2) is 70.7 Å². The normalized spacial score (nSPS) is 28.9. The predicted molar refractivity (Wildman–Crippen MR) is 79.2 cm³/mol. The molecule has 2 aliphatic heterocycles. The van der Waals surface area contributed by atoms with E-state index in [4.69, 9.17) is 15.7 Å². The fourth-order valence-corrected chi connectivity index (χ4v) is 3.04. The minimum atomic E-state index is -0.650. The van der Waals surface area contributed by atoms with Crippen LogP contribution in [0.3, 0.4) is 0 Å². The monoisotopic (exact) mass is 298 g/mol. The molecule has 7 nitrogen and oxygen atoms in total. The van der Waals surface area contributed by atoms with Crippen LogP contribution >= 0.6 is 0 Å². The highest BCUT2D eigenvalue weighted by Crippen LogP contribution is 2.28. The maximum atomic E-state index is 12.6. The number of carbonyl (C=O) groups excluding carboxylic acids is 1. The molecule has 2 rings (SSSR count). The smallest absolute Gasteiger partial charge is 0.254 e. The third-order valence-corrected chi connectivity index (χ3v) is 4.76. The molecule has 0 aromatic carbocycles. The molecule has 3 N–H and O–H groups in total. The van der Waals surface area contributed by atoms with E-state index in [1.165, 1.54) is 0 Å². The van der Waals surface area contributed by atoms with Crippen molar-refractivity contribution in [1.29, 1.82) is 0 Å². The number of ether oxygens (including phenoxy) is 1. The Morgan fingerprint density at radius 2 is 1.95 bits per heavy atom. The highest BCUT2D eigenvalue weighted by atomic mass is 16.5. The van der Waals surface area contributed by atoms with E-state index in [1.807, 2.05) is 25.7 Å². The molecule has 2 saturated heterocycles. The Hall–Kier alpha value is -1.34. The molecule has 1 unspecified atom stereocenters. The molecule has 2 heterocycles. The Kier molecular flexibility index (Phi) is 4.43. The van der Waals surface area contributed by atoms with Crippen molar-refractivity contribution in [3.8, 4) is 0 Å². The molecule has 0 spiro atoms. The van der Waals surface area contributed by atoms with E-state index in [9.17, 15) is 4.79 Å². The van der Waals surface area contributed by atoms with Gasteiger partial charge in [0.25, 0.3) is 5.91 Å². The number of nitrogens with zero attached hydrogens (tertiary/aromatic N) is 3. The zero-order chi connectivity index (χ0) is 15.7. The molecular weight excluding hydrogens is 272 g/mol.